The van der Waals surface area contributed by atoms with Crippen molar-refractivity contribution in [2.45, 2.75) is 88.2 Å². The van der Waals surface area contributed by atoms with Crippen LogP contribution in [-0.4, -0.2) is 63.1 Å². The van der Waals surface area contributed by atoms with Gasteiger partial charge in [-0.15, -0.1) is 0 Å². The molecule has 1 aliphatic carbocycles. The number of morpholine rings is 1. The Hall–Kier alpha value is -1.53. The lowest BCUT2D eigenvalue weighted by molar-refractivity contribution is -0.120. The van der Waals surface area contributed by atoms with Crippen LogP contribution in [-0.2, 0) is 29.6 Å². The minimum absolute atomic E-state index is 0.136. The molecule has 1 saturated carbocycles. The number of hydrogen-bond donors (Lipinski definition) is 2. The van der Waals surface area contributed by atoms with Gasteiger partial charge in [0, 0.05) is 30.7 Å². The topological polar surface area (TPSA) is 122 Å². The van der Waals surface area contributed by atoms with E-state index in [0.29, 0.717) is 44.5 Å². The Morgan fingerprint density at radius 1 is 0.941 bits per heavy atom. The summed E-state index contributed by atoms with van der Waals surface area (Å²) in [6.07, 6.45) is 2.03. The molecule has 0 radical (unpaired) electrons. The SMILES string of the molecule is C[C@@H]1CN(S(=O)(=O)c2ccc(NC(=O)C3CCC(NS(=O)(=O)C(C)(C)C)CC3)cc2)C[C@H](C)O1. The van der Waals surface area contributed by atoms with E-state index in [2.05, 4.69) is 10.0 Å². The smallest absolute Gasteiger partial charge is 0.243 e. The van der Waals surface area contributed by atoms with Crippen molar-refractivity contribution in [1.29, 1.82) is 0 Å². The standard InChI is InChI=1S/C23H37N3O6S2/c1-16-14-26(15-17(2)32-16)33(28,29)21-12-10-19(11-13-21)24-22(27)18-6-8-20(9-7-18)25-34(30,31)23(3,4)5/h10-13,16-18,20,25H,6-9,14-15H2,1-5H3,(H,24,27)/t16-,17+,18?,20?. The molecule has 1 aromatic carbocycles. The molecule has 2 aliphatic rings. The van der Waals surface area contributed by atoms with Crippen LogP contribution in [0.3, 0.4) is 0 Å². The number of benzene rings is 1. The van der Waals surface area contributed by atoms with Crippen molar-refractivity contribution in [2.75, 3.05) is 18.4 Å². The third kappa shape index (κ3) is 6.37. The van der Waals surface area contributed by atoms with Crippen LogP contribution in [0.1, 0.15) is 60.3 Å². The highest BCUT2D eigenvalue weighted by Crippen LogP contribution is 2.28. The highest BCUT2D eigenvalue weighted by molar-refractivity contribution is 7.90. The monoisotopic (exact) mass is 515 g/mol. The molecule has 11 heteroatoms. The van der Waals surface area contributed by atoms with Gasteiger partial charge in [-0.05, 0) is 84.6 Å². The Morgan fingerprint density at radius 3 is 1.97 bits per heavy atom. The molecule has 2 N–H and O–H groups in total. The number of nitrogens with one attached hydrogen (secondary N) is 2. The van der Waals surface area contributed by atoms with E-state index in [1.807, 2.05) is 13.8 Å². The third-order valence-corrected chi connectivity index (χ3v) is 10.5. The largest absolute Gasteiger partial charge is 0.373 e. The van der Waals surface area contributed by atoms with Gasteiger partial charge in [0.2, 0.25) is 26.0 Å². The molecule has 1 heterocycles. The Kier molecular flexibility index (Phi) is 8.13. The number of sulfonamides is 2. The fourth-order valence-electron chi connectivity index (χ4n) is 4.30. The molecule has 2 atom stereocenters. The van der Waals surface area contributed by atoms with Gasteiger partial charge in [-0.3, -0.25) is 4.79 Å². The minimum Gasteiger partial charge on any atom is -0.373 e. The number of hydrogen-bond acceptors (Lipinski definition) is 6. The predicted molar refractivity (Wildman–Crippen MR) is 131 cm³/mol. The van der Waals surface area contributed by atoms with Crippen LogP contribution in [0.25, 0.3) is 0 Å². The van der Waals surface area contributed by atoms with Crippen molar-refractivity contribution in [1.82, 2.24) is 9.03 Å². The molecule has 1 amide bonds. The summed E-state index contributed by atoms with van der Waals surface area (Å²) in [5.41, 5.74) is 0.531. The van der Waals surface area contributed by atoms with Gasteiger partial charge < -0.3 is 10.1 Å². The Balaban J connectivity index is 1.55. The van der Waals surface area contributed by atoms with Crippen molar-refractivity contribution in [2.24, 2.45) is 5.92 Å². The lowest BCUT2D eigenvalue weighted by atomic mass is 9.86. The van der Waals surface area contributed by atoms with E-state index < -0.39 is 24.8 Å². The quantitative estimate of drug-likeness (QED) is 0.601. The van der Waals surface area contributed by atoms with Crippen molar-refractivity contribution in [3.8, 4) is 0 Å². The lowest BCUT2D eigenvalue weighted by Crippen LogP contribution is -2.48. The maximum atomic E-state index is 13.0. The van der Waals surface area contributed by atoms with Gasteiger partial charge in [0.05, 0.1) is 21.9 Å². The number of carbonyl (C=O) groups excluding carboxylic acids is 1. The van der Waals surface area contributed by atoms with Crippen molar-refractivity contribution in [3.63, 3.8) is 0 Å². The van der Waals surface area contributed by atoms with E-state index in [1.54, 1.807) is 32.9 Å². The number of anilines is 1. The minimum atomic E-state index is -3.64. The fourth-order valence-corrected chi connectivity index (χ4v) is 6.92. The van der Waals surface area contributed by atoms with E-state index in [0.717, 1.165) is 0 Å². The molecule has 9 nitrogen and oxygen atoms in total. The Morgan fingerprint density at radius 2 is 1.47 bits per heavy atom. The first-order chi connectivity index (χ1) is 15.7. The van der Waals surface area contributed by atoms with Crippen LogP contribution in [0.5, 0.6) is 0 Å². The van der Waals surface area contributed by atoms with Crippen LogP contribution >= 0.6 is 0 Å². The normalized spacial score (nSPS) is 27.3. The van der Waals surface area contributed by atoms with E-state index in [4.69, 9.17) is 4.74 Å². The number of ether oxygens (including phenoxy) is 1. The molecule has 34 heavy (non-hydrogen) atoms. The highest BCUT2D eigenvalue weighted by Gasteiger charge is 2.34. The summed E-state index contributed by atoms with van der Waals surface area (Å²) in [7, 11) is -7.07. The van der Waals surface area contributed by atoms with Crippen LogP contribution in [0.2, 0.25) is 0 Å². The summed E-state index contributed by atoms with van der Waals surface area (Å²) in [4.78, 5) is 12.9. The predicted octanol–water partition coefficient (Wildman–Crippen LogP) is 2.70. The van der Waals surface area contributed by atoms with Gasteiger partial charge in [0.15, 0.2) is 0 Å². The van der Waals surface area contributed by atoms with Crippen LogP contribution in [0, 0.1) is 5.92 Å². The van der Waals surface area contributed by atoms with E-state index >= 15 is 0 Å². The molecule has 0 unspecified atom stereocenters. The Labute approximate surface area is 203 Å². The van der Waals surface area contributed by atoms with Gasteiger partial charge in [0.25, 0.3) is 0 Å². The zero-order valence-corrected chi connectivity index (χ0v) is 22.2. The van der Waals surface area contributed by atoms with Crippen molar-refractivity contribution in [3.05, 3.63) is 24.3 Å². The molecule has 1 saturated heterocycles. The molecule has 0 aromatic heterocycles. The lowest BCUT2D eigenvalue weighted by Gasteiger charge is -2.34. The second kappa shape index (κ2) is 10.2. The van der Waals surface area contributed by atoms with Gasteiger partial charge in [0.1, 0.15) is 0 Å². The number of carbonyl (C=O) groups is 1. The second-order valence-electron chi connectivity index (χ2n) is 10.4. The molecule has 1 aliphatic heterocycles. The summed E-state index contributed by atoms with van der Waals surface area (Å²) in [5, 5.41) is 2.87. The number of amides is 1. The molecule has 2 fully saturated rings. The third-order valence-electron chi connectivity index (χ3n) is 6.37. The second-order valence-corrected chi connectivity index (χ2v) is 14.8. The van der Waals surface area contributed by atoms with Crippen LogP contribution < -0.4 is 10.0 Å². The molecular weight excluding hydrogens is 478 g/mol. The van der Waals surface area contributed by atoms with Crippen LogP contribution in [0.4, 0.5) is 5.69 Å². The average molecular weight is 516 g/mol. The summed E-state index contributed by atoms with van der Waals surface area (Å²) >= 11 is 0. The maximum absolute atomic E-state index is 13.0. The number of nitrogens with zero attached hydrogens (tertiary/aromatic N) is 1. The Bertz CT molecular complexity index is 1060. The van der Waals surface area contributed by atoms with Crippen LogP contribution in [0.15, 0.2) is 29.2 Å². The van der Waals surface area contributed by atoms with Gasteiger partial charge in [-0.25, -0.2) is 21.6 Å². The number of rotatable bonds is 6. The fraction of sp³-hybridized carbons (Fsp3) is 0.696. The summed E-state index contributed by atoms with van der Waals surface area (Å²) < 4.78 is 59.7. The van der Waals surface area contributed by atoms with Crippen molar-refractivity contribution < 1.29 is 26.4 Å². The average Bonchev–Trinajstić information content (AvgIpc) is 2.73. The molecule has 1 aromatic rings. The molecule has 3 rings (SSSR count). The summed E-state index contributed by atoms with van der Waals surface area (Å²) in [6, 6.07) is 6.05. The van der Waals surface area contributed by atoms with E-state index in [9.17, 15) is 21.6 Å². The van der Waals surface area contributed by atoms with Gasteiger partial charge >= 0.3 is 0 Å². The van der Waals surface area contributed by atoms with Gasteiger partial charge in [-0.1, -0.05) is 0 Å². The van der Waals surface area contributed by atoms with E-state index in [-0.39, 0.29) is 35.0 Å². The first-order valence-electron chi connectivity index (χ1n) is 11.8. The highest BCUT2D eigenvalue weighted by atomic mass is 32.2. The maximum Gasteiger partial charge on any atom is 0.243 e. The molecule has 192 valence electrons. The summed E-state index contributed by atoms with van der Waals surface area (Å²) in [5.74, 6) is -0.348. The van der Waals surface area contributed by atoms with Crippen molar-refractivity contribution >= 4 is 31.6 Å². The summed E-state index contributed by atoms with van der Waals surface area (Å²) in [6.45, 7) is 9.29. The zero-order chi connectivity index (χ0) is 25.3. The molecule has 0 spiro atoms. The first kappa shape index (κ1) is 27.1. The molecular formula is C23H37N3O6S2. The van der Waals surface area contributed by atoms with E-state index in [1.165, 1.54) is 16.4 Å². The van der Waals surface area contributed by atoms with Gasteiger partial charge in [-0.2, -0.15) is 4.31 Å². The molecule has 0 bridgehead atoms. The zero-order valence-electron chi connectivity index (χ0n) is 20.6. The first-order valence-corrected chi connectivity index (χ1v) is 14.7.